The Bertz CT molecular complexity index is 1640. The lowest BCUT2D eigenvalue weighted by Gasteiger charge is -2.30. The molecule has 0 fully saturated rings. The normalized spacial score (nSPS) is 12.3. The smallest absolute Gasteiger partial charge is 0.316 e. The van der Waals surface area contributed by atoms with Gasteiger partial charge in [0.2, 0.25) is 0 Å². The molecule has 8 heteroatoms. The van der Waals surface area contributed by atoms with E-state index in [9.17, 15) is 19.2 Å². The minimum atomic E-state index is -0.675. The topological polar surface area (TPSA) is 105 Å². The van der Waals surface area contributed by atoms with Crippen LogP contribution < -0.4 is 18.9 Å². The van der Waals surface area contributed by atoms with Crippen LogP contribution in [0.1, 0.15) is 117 Å². The van der Waals surface area contributed by atoms with Crippen LogP contribution in [-0.2, 0) is 19.2 Å². The summed E-state index contributed by atoms with van der Waals surface area (Å²) in [6.45, 7) is 21.6. The molecule has 0 saturated carbocycles. The van der Waals surface area contributed by atoms with Gasteiger partial charge in [-0.15, -0.1) is 0 Å². The van der Waals surface area contributed by atoms with E-state index in [0.717, 1.165) is 22.3 Å². The third-order valence-electron chi connectivity index (χ3n) is 8.58. The van der Waals surface area contributed by atoms with E-state index < -0.39 is 21.7 Å². The number of hydrogen-bond acceptors (Lipinski definition) is 8. The molecule has 0 spiro atoms. The van der Waals surface area contributed by atoms with Crippen molar-refractivity contribution in [1.82, 2.24) is 0 Å². The minimum absolute atomic E-state index is 0.323. The zero-order chi connectivity index (χ0) is 40.2. The maximum Gasteiger partial charge on any atom is 0.316 e. The summed E-state index contributed by atoms with van der Waals surface area (Å²) in [5.41, 5.74) is 0.971. The molecule has 0 unspecified atom stereocenters. The molecule has 0 aliphatic rings. The molecule has 0 heterocycles. The van der Waals surface area contributed by atoms with Crippen molar-refractivity contribution in [2.45, 2.75) is 94.9 Å². The number of ether oxygens (including phenoxy) is 4. The summed E-state index contributed by atoms with van der Waals surface area (Å²) in [6.07, 6.45) is 0. The van der Waals surface area contributed by atoms with Gasteiger partial charge in [0.05, 0.1) is 21.7 Å². The third kappa shape index (κ3) is 10.9. The lowest BCUT2D eigenvalue weighted by atomic mass is 9.73. The second kappa shape index (κ2) is 16.0. The highest BCUT2D eigenvalue weighted by Gasteiger charge is 2.31. The molecule has 0 atom stereocenters. The predicted molar refractivity (Wildman–Crippen MR) is 210 cm³/mol. The molecule has 0 N–H and O–H groups in total. The van der Waals surface area contributed by atoms with Crippen molar-refractivity contribution in [3.8, 4) is 23.0 Å². The van der Waals surface area contributed by atoms with E-state index in [4.69, 9.17) is 18.9 Å². The molecule has 286 valence electrons. The van der Waals surface area contributed by atoms with Crippen LogP contribution in [0.3, 0.4) is 0 Å². The predicted octanol–water partition coefficient (Wildman–Crippen LogP) is 10.5. The molecule has 0 saturated heterocycles. The number of hydrogen-bond donors (Lipinski definition) is 0. The van der Waals surface area contributed by atoms with E-state index in [-0.39, 0.29) is 35.7 Å². The minimum Gasteiger partial charge on any atom is -0.426 e. The van der Waals surface area contributed by atoms with Crippen LogP contribution in [0.5, 0.6) is 23.0 Å². The van der Waals surface area contributed by atoms with E-state index in [2.05, 4.69) is 0 Å². The SMILES string of the molecule is CC(C)(C)C(=O)Oc1ccc(C(c2ccc(OC(=O)C(C)(C)C)cc2)C(c2ccc(OC(=O)C(C)(C)C)cc2)c2ccc(OC(=O)C(C)(C)C)cc2)cc1. The average Bonchev–Trinajstić information content (AvgIpc) is 3.07. The first kappa shape index (κ1) is 41.5. The van der Waals surface area contributed by atoms with Gasteiger partial charge in [-0.3, -0.25) is 19.2 Å². The maximum atomic E-state index is 12.7. The van der Waals surface area contributed by atoms with Crippen molar-refractivity contribution in [2.75, 3.05) is 0 Å². The van der Waals surface area contributed by atoms with Gasteiger partial charge in [-0.2, -0.15) is 0 Å². The van der Waals surface area contributed by atoms with E-state index >= 15 is 0 Å². The zero-order valence-corrected chi connectivity index (χ0v) is 33.7. The van der Waals surface area contributed by atoms with Crippen LogP contribution in [0.25, 0.3) is 0 Å². The largest absolute Gasteiger partial charge is 0.426 e. The highest BCUT2D eigenvalue weighted by molar-refractivity contribution is 5.79. The van der Waals surface area contributed by atoms with Crippen molar-refractivity contribution in [1.29, 1.82) is 0 Å². The summed E-state index contributed by atoms with van der Waals surface area (Å²) < 4.78 is 22.8. The Labute approximate surface area is 320 Å². The van der Waals surface area contributed by atoms with Crippen molar-refractivity contribution in [3.05, 3.63) is 119 Å². The fraction of sp³-hybridized carbons (Fsp3) is 0.391. The Morgan fingerprint density at radius 1 is 0.315 bits per heavy atom. The molecule has 0 aliphatic carbocycles. The van der Waals surface area contributed by atoms with Gasteiger partial charge in [0.15, 0.2) is 0 Å². The van der Waals surface area contributed by atoms with Crippen molar-refractivity contribution < 1.29 is 38.1 Å². The van der Waals surface area contributed by atoms with Crippen LogP contribution in [0.2, 0.25) is 0 Å². The van der Waals surface area contributed by atoms with Crippen LogP contribution in [-0.4, -0.2) is 23.9 Å². The van der Waals surface area contributed by atoms with Gasteiger partial charge in [-0.25, -0.2) is 0 Å². The fourth-order valence-corrected chi connectivity index (χ4v) is 5.17. The molecular weight excluding hydrogens is 680 g/mol. The monoisotopic (exact) mass is 734 g/mol. The zero-order valence-electron chi connectivity index (χ0n) is 33.7. The number of benzene rings is 4. The van der Waals surface area contributed by atoms with Gasteiger partial charge in [-0.05, 0) is 154 Å². The van der Waals surface area contributed by atoms with Gasteiger partial charge in [0, 0.05) is 11.8 Å². The molecule has 54 heavy (non-hydrogen) atoms. The molecule has 4 aromatic carbocycles. The summed E-state index contributed by atoms with van der Waals surface area (Å²) in [5.74, 6) is -0.321. The van der Waals surface area contributed by atoms with E-state index in [1.165, 1.54) is 0 Å². The molecule has 0 aliphatic heterocycles. The lowest BCUT2D eigenvalue weighted by molar-refractivity contribution is -0.143. The first-order valence-electron chi connectivity index (χ1n) is 18.2. The van der Waals surface area contributed by atoms with Crippen LogP contribution >= 0.6 is 0 Å². The molecule has 8 nitrogen and oxygen atoms in total. The lowest BCUT2D eigenvalue weighted by Crippen LogP contribution is -2.25. The van der Waals surface area contributed by atoms with Crippen LogP contribution in [0.15, 0.2) is 97.1 Å². The van der Waals surface area contributed by atoms with E-state index in [0.29, 0.717) is 23.0 Å². The van der Waals surface area contributed by atoms with Gasteiger partial charge in [0.1, 0.15) is 23.0 Å². The molecule has 0 bridgehead atoms. The van der Waals surface area contributed by atoms with Gasteiger partial charge >= 0.3 is 23.9 Å². The Morgan fingerprint density at radius 3 is 0.593 bits per heavy atom. The summed E-state index contributed by atoms with van der Waals surface area (Å²) in [6, 6.07) is 29.8. The second-order valence-corrected chi connectivity index (χ2v) is 17.8. The third-order valence-corrected chi connectivity index (χ3v) is 8.58. The highest BCUT2D eigenvalue weighted by Crippen LogP contribution is 2.44. The second-order valence-electron chi connectivity index (χ2n) is 17.8. The quantitative estimate of drug-likeness (QED) is 0.124. The molecule has 4 rings (SSSR count). The van der Waals surface area contributed by atoms with Gasteiger partial charge < -0.3 is 18.9 Å². The Balaban J connectivity index is 1.86. The van der Waals surface area contributed by atoms with Crippen LogP contribution in [0, 0.1) is 21.7 Å². The number of carbonyl (C=O) groups excluding carboxylic acids is 4. The Kier molecular flexibility index (Phi) is 12.3. The first-order chi connectivity index (χ1) is 24.9. The van der Waals surface area contributed by atoms with E-state index in [1.807, 2.05) is 48.5 Å². The molecule has 0 radical (unpaired) electrons. The van der Waals surface area contributed by atoms with Crippen molar-refractivity contribution in [3.63, 3.8) is 0 Å². The molecule has 0 amide bonds. The first-order valence-corrected chi connectivity index (χ1v) is 18.2. The standard InChI is InChI=1S/C46H54O8/c1-43(2,3)39(47)51-33-21-13-29(14-22-33)37(30-15-23-34(24-16-30)52-40(48)44(4,5)6)38(31-17-25-35(26-18-31)53-41(49)45(7,8)9)32-19-27-36(28-20-32)54-42(50)46(10,11)12/h13-28,37-38H,1-12H3. The number of esters is 4. The Hall–Kier alpha value is -5.24. The van der Waals surface area contributed by atoms with Crippen LogP contribution in [0.4, 0.5) is 0 Å². The average molecular weight is 735 g/mol. The maximum absolute atomic E-state index is 12.7. The summed E-state index contributed by atoms with van der Waals surface area (Å²) in [5, 5.41) is 0. The summed E-state index contributed by atoms with van der Waals surface area (Å²) >= 11 is 0. The summed E-state index contributed by atoms with van der Waals surface area (Å²) in [4.78, 5) is 50.8. The molecule has 0 aromatic heterocycles. The fourth-order valence-electron chi connectivity index (χ4n) is 5.17. The van der Waals surface area contributed by atoms with Gasteiger partial charge in [0.25, 0.3) is 0 Å². The Morgan fingerprint density at radius 2 is 0.463 bits per heavy atom. The van der Waals surface area contributed by atoms with Crippen molar-refractivity contribution in [2.24, 2.45) is 21.7 Å². The van der Waals surface area contributed by atoms with Gasteiger partial charge in [-0.1, -0.05) is 48.5 Å². The molecule has 4 aromatic rings. The molecular formula is C46H54O8. The number of rotatable bonds is 9. The number of carbonyl (C=O) groups is 4. The summed E-state index contributed by atoms with van der Waals surface area (Å²) in [7, 11) is 0. The van der Waals surface area contributed by atoms with Crippen molar-refractivity contribution >= 4 is 23.9 Å². The van der Waals surface area contributed by atoms with E-state index in [1.54, 1.807) is 132 Å². The highest BCUT2D eigenvalue weighted by atomic mass is 16.5.